The van der Waals surface area contributed by atoms with E-state index in [1.807, 2.05) is 6.07 Å². The predicted molar refractivity (Wildman–Crippen MR) is 135 cm³/mol. The maximum Gasteiger partial charge on any atom is 0.305 e. The van der Waals surface area contributed by atoms with Crippen LogP contribution in [0.5, 0.6) is 5.75 Å². The smallest absolute Gasteiger partial charge is 0.305 e. The summed E-state index contributed by atoms with van der Waals surface area (Å²) in [7, 11) is 1.74. The number of fused-ring (bicyclic) bond motifs is 2. The van der Waals surface area contributed by atoms with Gasteiger partial charge in [-0.05, 0) is 55.6 Å². The van der Waals surface area contributed by atoms with Crippen molar-refractivity contribution in [2.45, 2.75) is 19.3 Å². The molecular formula is C26H29N3O2S. The van der Waals surface area contributed by atoms with E-state index in [0.717, 1.165) is 55.1 Å². The van der Waals surface area contributed by atoms with Crippen molar-refractivity contribution in [2.24, 2.45) is 0 Å². The van der Waals surface area contributed by atoms with Crippen molar-refractivity contribution >= 4 is 38.0 Å². The number of aryl methyl sites for hydroxylation is 1. The number of aromatic amines is 1. The first-order valence-corrected chi connectivity index (χ1v) is 12.2. The number of methoxy groups -OCH3 is 1. The zero-order chi connectivity index (χ0) is 21.9. The summed E-state index contributed by atoms with van der Waals surface area (Å²) in [5, 5.41) is 2.45. The topological polar surface area (TPSA) is 48.6 Å². The molecule has 0 saturated carbocycles. The average molecular weight is 448 g/mol. The fourth-order valence-corrected chi connectivity index (χ4v) is 5.53. The molecule has 0 aliphatic carbocycles. The summed E-state index contributed by atoms with van der Waals surface area (Å²) < 4.78 is 6.62. The third kappa shape index (κ3) is 4.38. The number of hydrogen-bond donors (Lipinski definition) is 1. The van der Waals surface area contributed by atoms with Gasteiger partial charge >= 0.3 is 4.87 Å². The number of H-pyrrole nitrogens is 1. The summed E-state index contributed by atoms with van der Waals surface area (Å²) in [6.07, 6.45) is 3.45. The minimum Gasteiger partial charge on any atom is -0.496 e. The van der Waals surface area contributed by atoms with Gasteiger partial charge in [0.1, 0.15) is 5.75 Å². The molecule has 0 radical (unpaired) electrons. The Hall–Kier alpha value is -2.83. The van der Waals surface area contributed by atoms with E-state index < -0.39 is 0 Å². The Morgan fingerprint density at radius 3 is 2.59 bits per heavy atom. The van der Waals surface area contributed by atoms with Crippen LogP contribution in [0.15, 0.2) is 59.4 Å². The fourth-order valence-electron chi connectivity index (χ4n) is 4.73. The van der Waals surface area contributed by atoms with Gasteiger partial charge in [-0.3, -0.25) is 9.69 Å². The van der Waals surface area contributed by atoms with E-state index >= 15 is 0 Å². The van der Waals surface area contributed by atoms with Crippen LogP contribution in [0.25, 0.3) is 21.0 Å². The lowest BCUT2D eigenvalue weighted by atomic mass is 10.1. The Kier molecular flexibility index (Phi) is 6.14. The van der Waals surface area contributed by atoms with Crippen molar-refractivity contribution in [1.82, 2.24) is 9.88 Å². The van der Waals surface area contributed by atoms with Gasteiger partial charge in [0.05, 0.1) is 17.3 Å². The van der Waals surface area contributed by atoms with Crippen LogP contribution in [0.4, 0.5) is 5.69 Å². The molecule has 32 heavy (non-hydrogen) atoms. The molecule has 4 aromatic rings. The molecule has 0 bridgehead atoms. The van der Waals surface area contributed by atoms with Gasteiger partial charge in [-0.25, -0.2) is 0 Å². The van der Waals surface area contributed by atoms with E-state index in [9.17, 15) is 4.79 Å². The molecule has 1 aliphatic heterocycles. The summed E-state index contributed by atoms with van der Waals surface area (Å²) in [5.41, 5.74) is 3.58. The molecule has 1 aromatic heterocycles. The number of rotatable bonds is 7. The van der Waals surface area contributed by atoms with Crippen molar-refractivity contribution in [3.63, 3.8) is 0 Å². The van der Waals surface area contributed by atoms with Gasteiger partial charge in [0, 0.05) is 42.6 Å². The minimum atomic E-state index is 0.0268. The molecule has 1 saturated heterocycles. The molecule has 0 amide bonds. The number of nitrogens with zero attached hydrogens (tertiary/aromatic N) is 2. The van der Waals surface area contributed by atoms with E-state index in [1.54, 1.807) is 7.11 Å². The second kappa shape index (κ2) is 9.35. The van der Waals surface area contributed by atoms with E-state index in [1.165, 1.54) is 46.2 Å². The minimum absolute atomic E-state index is 0.0268. The Bertz CT molecular complexity index is 1270. The standard InChI is InChI=1S/C26H29N3O2S/c1-31-24-12-11-23(20-7-2-3-8-21(20)24)29-16-14-28(15-17-29)13-5-4-6-19-9-10-22-25(18-19)32-26(30)27-22/h2-3,7-12,18H,4-6,13-17H2,1H3,(H,27,30). The highest BCUT2D eigenvalue weighted by molar-refractivity contribution is 7.16. The van der Waals surface area contributed by atoms with Crippen molar-refractivity contribution < 1.29 is 4.74 Å². The van der Waals surface area contributed by atoms with E-state index in [-0.39, 0.29) is 4.87 Å². The van der Waals surface area contributed by atoms with Crippen LogP contribution in [-0.2, 0) is 6.42 Å². The van der Waals surface area contributed by atoms with Crippen LogP contribution >= 0.6 is 11.3 Å². The molecule has 166 valence electrons. The number of thiazole rings is 1. The van der Waals surface area contributed by atoms with Crippen molar-refractivity contribution in [3.05, 3.63) is 69.8 Å². The van der Waals surface area contributed by atoms with Crippen LogP contribution in [0, 0.1) is 0 Å². The molecule has 3 aromatic carbocycles. The van der Waals surface area contributed by atoms with Crippen LogP contribution < -0.4 is 14.5 Å². The number of unbranched alkanes of at least 4 members (excludes halogenated alkanes) is 1. The quantitative estimate of drug-likeness (QED) is 0.410. The molecule has 1 N–H and O–H groups in total. The lowest BCUT2D eigenvalue weighted by Gasteiger charge is -2.36. The third-order valence-corrected chi connectivity index (χ3v) is 7.31. The molecule has 0 atom stereocenters. The number of benzene rings is 3. The predicted octanol–water partition coefficient (Wildman–Crippen LogP) is 4.90. The van der Waals surface area contributed by atoms with Gasteiger partial charge in [-0.15, -0.1) is 0 Å². The first kappa shape index (κ1) is 21.0. The van der Waals surface area contributed by atoms with Crippen molar-refractivity contribution in [1.29, 1.82) is 0 Å². The van der Waals surface area contributed by atoms with Gasteiger partial charge in [-0.2, -0.15) is 0 Å². The number of hydrogen-bond acceptors (Lipinski definition) is 5. The van der Waals surface area contributed by atoms with Crippen LogP contribution in [0.1, 0.15) is 18.4 Å². The molecule has 6 heteroatoms. The Morgan fingerprint density at radius 1 is 0.969 bits per heavy atom. The SMILES string of the molecule is COc1ccc(N2CCN(CCCCc3ccc4[nH]c(=O)sc4c3)CC2)c2ccccc12. The Labute approximate surface area is 192 Å². The Balaban J connectivity index is 1.13. The van der Waals surface area contributed by atoms with E-state index in [0.29, 0.717) is 0 Å². The summed E-state index contributed by atoms with van der Waals surface area (Å²) in [4.78, 5) is 19.5. The van der Waals surface area contributed by atoms with E-state index in [2.05, 4.69) is 63.3 Å². The number of nitrogens with one attached hydrogen (secondary N) is 1. The Morgan fingerprint density at radius 2 is 1.78 bits per heavy atom. The monoisotopic (exact) mass is 447 g/mol. The zero-order valence-corrected chi connectivity index (χ0v) is 19.3. The largest absolute Gasteiger partial charge is 0.496 e. The van der Waals surface area contributed by atoms with Crippen LogP contribution in [0.2, 0.25) is 0 Å². The highest BCUT2D eigenvalue weighted by Crippen LogP contribution is 2.34. The maximum absolute atomic E-state index is 11.5. The first-order chi connectivity index (χ1) is 15.7. The second-order valence-electron chi connectivity index (χ2n) is 8.46. The zero-order valence-electron chi connectivity index (χ0n) is 18.5. The van der Waals surface area contributed by atoms with Gasteiger partial charge in [0.2, 0.25) is 0 Å². The molecule has 1 aliphatic rings. The average Bonchev–Trinajstić information content (AvgIpc) is 3.21. The highest BCUT2D eigenvalue weighted by atomic mass is 32.1. The lowest BCUT2D eigenvalue weighted by molar-refractivity contribution is 0.253. The number of ether oxygens (including phenoxy) is 1. The first-order valence-electron chi connectivity index (χ1n) is 11.4. The summed E-state index contributed by atoms with van der Waals surface area (Å²) in [5.74, 6) is 0.938. The molecule has 2 heterocycles. The van der Waals surface area contributed by atoms with Gasteiger partial charge in [-0.1, -0.05) is 41.7 Å². The number of anilines is 1. The fraction of sp³-hybridized carbons (Fsp3) is 0.346. The molecule has 0 unspecified atom stereocenters. The molecule has 1 fully saturated rings. The van der Waals surface area contributed by atoms with Gasteiger partial charge in [0.15, 0.2) is 0 Å². The summed E-state index contributed by atoms with van der Waals surface area (Å²) in [6.45, 7) is 5.46. The summed E-state index contributed by atoms with van der Waals surface area (Å²) in [6, 6.07) is 19.1. The molecular weight excluding hydrogens is 418 g/mol. The van der Waals surface area contributed by atoms with Gasteiger partial charge < -0.3 is 14.6 Å². The van der Waals surface area contributed by atoms with Crippen molar-refractivity contribution in [3.8, 4) is 5.75 Å². The maximum atomic E-state index is 11.5. The normalized spacial score (nSPS) is 15.0. The second-order valence-corrected chi connectivity index (χ2v) is 9.48. The molecule has 5 rings (SSSR count). The summed E-state index contributed by atoms with van der Waals surface area (Å²) >= 11 is 1.30. The molecule has 0 spiro atoms. The molecule has 5 nitrogen and oxygen atoms in total. The van der Waals surface area contributed by atoms with E-state index in [4.69, 9.17) is 4.74 Å². The van der Waals surface area contributed by atoms with Crippen LogP contribution in [-0.4, -0.2) is 49.7 Å². The van der Waals surface area contributed by atoms with Gasteiger partial charge in [0.25, 0.3) is 0 Å². The number of piperazine rings is 1. The number of aromatic nitrogens is 1. The third-order valence-electron chi connectivity index (χ3n) is 6.47. The van der Waals surface area contributed by atoms with Crippen LogP contribution in [0.3, 0.4) is 0 Å². The van der Waals surface area contributed by atoms with Crippen molar-refractivity contribution in [2.75, 3.05) is 44.7 Å². The highest BCUT2D eigenvalue weighted by Gasteiger charge is 2.19. The lowest BCUT2D eigenvalue weighted by Crippen LogP contribution is -2.46.